The van der Waals surface area contributed by atoms with E-state index in [1.165, 1.54) is 0 Å². The van der Waals surface area contributed by atoms with E-state index in [0.29, 0.717) is 17.7 Å². The van der Waals surface area contributed by atoms with Crippen LogP contribution in [0.15, 0.2) is 91.6 Å². The number of aromatic nitrogens is 3. The van der Waals surface area contributed by atoms with Crippen molar-refractivity contribution in [2.75, 3.05) is 7.11 Å². The van der Waals surface area contributed by atoms with E-state index >= 15 is 0 Å². The molecule has 5 heteroatoms. The van der Waals surface area contributed by atoms with Crippen molar-refractivity contribution in [3.05, 3.63) is 108 Å². The third kappa shape index (κ3) is 3.62. The zero-order chi connectivity index (χ0) is 21.2. The maximum absolute atomic E-state index is 13.5. The molecule has 5 aromatic rings. The molecule has 31 heavy (non-hydrogen) atoms. The van der Waals surface area contributed by atoms with Gasteiger partial charge in [0.25, 0.3) is 0 Å². The molecule has 0 fully saturated rings. The zero-order valence-electron chi connectivity index (χ0n) is 17.1. The molecule has 3 aromatic carbocycles. The number of rotatable bonds is 6. The van der Waals surface area contributed by atoms with Crippen LogP contribution >= 0.6 is 0 Å². The van der Waals surface area contributed by atoms with Crippen LogP contribution < -0.4 is 4.74 Å². The lowest BCUT2D eigenvalue weighted by atomic mass is 9.94. The van der Waals surface area contributed by atoms with Crippen molar-refractivity contribution in [2.45, 2.75) is 6.54 Å². The molecule has 0 aliphatic carbocycles. The zero-order valence-corrected chi connectivity index (χ0v) is 17.1. The van der Waals surface area contributed by atoms with Gasteiger partial charge >= 0.3 is 0 Å². The van der Waals surface area contributed by atoms with Crippen molar-refractivity contribution in [1.82, 2.24) is 14.5 Å². The molecule has 0 saturated heterocycles. The van der Waals surface area contributed by atoms with Crippen LogP contribution in [0.2, 0.25) is 0 Å². The highest BCUT2D eigenvalue weighted by atomic mass is 16.5. The third-order valence-electron chi connectivity index (χ3n) is 5.46. The van der Waals surface area contributed by atoms with Gasteiger partial charge in [-0.1, -0.05) is 42.5 Å². The van der Waals surface area contributed by atoms with Gasteiger partial charge in [-0.3, -0.25) is 4.79 Å². The second-order valence-corrected chi connectivity index (χ2v) is 7.42. The number of ketones is 1. The van der Waals surface area contributed by atoms with Gasteiger partial charge in [0.05, 0.1) is 25.7 Å². The maximum atomic E-state index is 13.5. The minimum atomic E-state index is -0.0195. The predicted octanol–water partition coefficient (Wildman–Crippen LogP) is 5.32. The summed E-state index contributed by atoms with van der Waals surface area (Å²) in [5, 5.41) is 2.26. The largest absolute Gasteiger partial charge is 0.497 e. The van der Waals surface area contributed by atoms with Crippen LogP contribution in [0.4, 0.5) is 0 Å². The van der Waals surface area contributed by atoms with Gasteiger partial charge in [-0.25, -0.2) is 4.98 Å². The molecular weight excluding hydrogens is 386 g/mol. The lowest BCUT2D eigenvalue weighted by molar-refractivity contribution is 0.103. The van der Waals surface area contributed by atoms with E-state index in [1.807, 2.05) is 47.3 Å². The summed E-state index contributed by atoms with van der Waals surface area (Å²) in [4.78, 5) is 20.7. The summed E-state index contributed by atoms with van der Waals surface area (Å²) >= 11 is 0. The van der Waals surface area contributed by atoms with Crippen molar-refractivity contribution in [2.24, 2.45) is 0 Å². The molecule has 5 rings (SSSR count). The van der Waals surface area contributed by atoms with E-state index < -0.39 is 0 Å². The Morgan fingerprint density at radius 3 is 2.55 bits per heavy atom. The van der Waals surface area contributed by atoms with Gasteiger partial charge in [0, 0.05) is 35.3 Å². The first-order chi connectivity index (χ1) is 15.2. The highest BCUT2D eigenvalue weighted by molar-refractivity contribution is 6.14. The van der Waals surface area contributed by atoms with Gasteiger partial charge in [0.2, 0.25) is 0 Å². The number of hydrogen-bond donors (Lipinski definition) is 1. The molecule has 0 aliphatic heterocycles. The molecule has 0 spiro atoms. The second-order valence-electron chi connectivity index (χ2n) is 7.42. The van der Waals surface area contributed by atoms with Gasteiger partial charge in [0.15, 0.2) is 5.78 Å². The van der Waals surface area contributed by atoms with E-state index in [2.05, 4.69) is 34.2 Å². The van der Waals surface area contributed by atoms with Crippen LogP contribution in [-0.4, -0.2) is 27.4 Å². The third-order valence-corrected chi connectivity index (χ3v) is 5.46. The lowest BCUT2D eigenvalue weighted by Gasteiger charge is -2.08. The smallest absolute Gasteiger partial charge is 0.195 e. The topological polar surface area (TPSA) is 59.9 Å². The number of nitrogens with one attached hydrogen (secondary N) is 1. The van der Waals surface area contributed by atoms with E-state index in [0.717, 1.165) is 33.3 Å². The van der Waals surface area contributed by atoms with Gasteiger partial charge in [0.1, 0.15) is 5.75 Å². The molecule has 5 nitrogen and oxygen atoms in total. The number of methoxy groups -OCH3 is 1. The SMILES string of the molecule is COc1ccc(C(=O)c2cn(Cc3cnc[nH]3)cc2-c2cccc3ccccc23)cc1. The van der Waals surface area contributed by atoms with Crippen molar-refractivity contribution >= 4 is 16.6 Å². The Morgan fingerprint density at radius 1 is 0.968 bits per heavy atom. The molecule has 2 heterocycles. The number of ether oxygens (including phenoxy) is 1. The number of benzene rings is 3. The fourth-order valence-electron chi connectivity index (χ4n) is 3.92. The molecule has 0 aliphatic rings. The van der Waals surface area contributed by atoms with Gasteiger partial charge in [-0.05, 0) is 40.6 Å². The summed E-state index contributed by atoms with van der Waals surface area (Å²) < 4.78 is 7.26. The lowest BCUT2D eigenvalue weighted by Crippen LogP contribution is -2.02. The Labute approximate surface area is 180 Å². The Kier molecular flexibility index (Phi) is 4.84. The van der Waals surface area contributed by atoms with E-state index in [4.69, 9.17) is 4.74 Å². The first-order valence-electron chi connectivity index (χ1n) is 10.1. The Hall–Kier alpha value is -4.12. The molecule has 0 atom stereocenters. The summed E-state index contributed by atoms with van der Waals surface area (Å²) in [5.41, 5.74) is 4.22. The van der Waals surface area contributed by atoms with Crippen LogP contribution in [0.3, 0.4) is 0 Å². The molecule has 1 N–H and O–H groups in total. The summed E-state index contributed by atoms with van der Waals surface area (Å²) in [6, 6.07) is 21.7. The van der Waals surface area contributed by atoms with Gasteiger partial charge in [-0.15, -0.1) is 0 Å². The van der Waals surface area contributed by atoms with Crippen molar-refractivity contribution < 1.29 is 9.53 Å². The molecular formula is C26H21N3O2. The Morgan fingerprint density at radius 2 is 1.77 bits per heavy atom. The monoisotopic (exact) mass is 407 g/mol. The number of carbonyl (C=O) groups is 1. The van der Waals surface area contributed by atoms with Crippen LogP contribution in [0.25, 0.3) is 21.9 Å². The first-order valence-corrected chi connectivity index (χ1v) is 10.1. The van der Waals surface area contributed by atoms with E-state index in [-0.39, 0.29) is 5.78 Å². The molecule has 0 bridgehead atoms. The van der Waals surface area contributed by atoms with Crippen LogP contribution in [0.5, 0.6) is 5.75 Å². The highest BCUT2D eigenvalue weighted by Crippen LogP contribution is 2.33. The quantitative estimate of drug-likeness (QED) is 0.388. The fraction of sp³-hybridized carbons (Fsp3) is 0.0769. The number of hydrogen-bond acceptors (Lipinski definition) is 3. The van der Waals surface area contributed by atoms with Crippen LogP contribution in [-0.2, 0) is 6.54 Å². The van der Waals surface area contributed by atoms with Crippen LogP contribution in [0.1, 0.15) is 21.6 Å². The minimum Gasteiger partial charge on any atom is -0.497 e. The van der Waals surface area contributed by atoms with Crippen molar-refractivity contribution in [3.63, 3.8) is 0 Å². The number of aromatic amines is 1. The molecule has 0 unspecified atom stereocenters. The molecule has 0 amide bonds. The fourth-order valence-corrected chi connectivity index (χ4v) is 3.92. The summed E-state index contributed by atoms with van der Waals surface area (Å²) in [6.45, 7) is 0.605. The average molecular weight is 407 g/mol. The number of imidazole rings is 1. The second kappa shape index (κ2) is 7.95. The standard InChI is InChI=1S/C26H21N3O2/c1-31-21-11-9-19(10-12-21)26(30)25-16-29(14-20-13-27-17-28-20)15-24(25)23-8-4-6-18-5-2-3-7-22(18)23/h2-13,15-17H,14H2,1H3,(H,27,28). The van der Waals surface area contributed by atoms with Gasteiger partial charge in [-0.2, -0.15) is 0 Å². The van der Waals surface area contributed by atoms with E-state index in [9.17, 15) is 4.79 Å². The first kappa shape index (κ1) is 18.9. The molecule has 152 valence electrons. The summed E-state index contributed by atoms with van der Waals surface area (Å²) in [6.07, 6.45) is 7.42. The van der Waals surface area contributed by atoms with Crippen molar-refractivity contribution in [3.8, 4) is 16.9 Å². The number of H-pyrrole nitrogens is 1. The van der Waals surface area contributed by atoms with Crippen LogP contribution in [0, 0.1) is 0 Å². The predicted molar refractivity (Wildman–Crippen MR) is 121 cm³/mol. The molecule has 2 aromatic heterocycles. The Bertz CT molecular complexity index is 1340. The number of nitrogens with zero attached hydrogens (tertiary/aromatic N) is 2. The average Bonchev–Trinajstić information content (AvgIpc) is 3.48. The number of carbonyl (C=O) groups excluding carboxylic acids is 1. The summed E-state index contributed by atoms with van der Waals surface area (Å²) in [7, 11) is 1.62. The van der Waals surface area contributed by atoms with Gasteiger partial charge < -0.3 is 14.3 Å². The highest BCUT2D eigenvalue weighted by Gasteiger charge is 2.19. The Balaban J connectivity index is 1.65. The summed E-state index contributed by atoms with van der Waals surface area (Å²) in [5.74, 6) is 0.705. The molecule has 0 saturated carbocycles. The normalized spacial score (nSPS) is 11.0. The maximum Gasteiger partial charge on any atom is 0.195 e. The minimum absolute atomic E-state index is 0.0195. The molecule has 0 radical (unpaired) electrons. The van der Waals surface area contributed by atoms with E-state index in [1.54, 1.807) is 31.8 Å². The number of fused-ring (bicyclic) bond motifs is 1. The van der Waals surface area contributed by atoms with Crippen molar-refractivity contribution in [1.29, 1.82) is 0 Å².